The molecule has 0 spiro atoms. The number of aliphatic hydroxyl groups excluding tert-OH is 1. The Kier molecular flexibility index (Phi) is 5.62. The summed E-state index contributed by atoms with van der Waals surface area (Å²) in [6.07, 6.45) is 1.01. The minimum absolute atomic E-state index is 0.107. The van der Waals surface area contributed by atoms with Crippen LogP contribution in [0.2, 0.25) is 0 Å². The number of rotatable bonds is 6. The van der Waals surface area contributed by atoms with Crippen molar-refractivity contribution in [3.63, 3.8) is 0 Å². The van der Waals surface area contributed by atoms with E-state index in [4.69, 9.17) is 0 Å². The third kappa shape index (κ3) is 3.61. The summed E-state index contributed by atoms with van der Waals surface area (Å²) < 4.78 is 0.922. The maximum Gasteiger partial charge on any atom is 0.229 e. The first-order chi connectivity index (χ1) is 12.4. The monoisotopic (exact) mass is 422 g/mol. The van der Waals surface area contributed by atoms with Crippen LogP contribution in [0.1, 0.15) is 26.7 Å². The number of nitrogens with one attached hydrogen (secondary N) is 2. The van der Waals surface area contributed by atoms with Gasteiger partial charge in [-0.3, -0.25) is 19.6 Å². The molecule has 1 saturated heterocycles. The number of hydrogen-bond donors (Lipinski definition) is 3. The van der Waals surface area contributed by atoms with Gasteiger partial charge >= 0.3 is 0 Å². The van der Waals surface area contributed by atoms with Gasteiger partial charge in [0.05, 0.1) is 24.1 Å². The third-order valence-electron chi connectivity index (χ3n) is 5.11. The Morgan fingerprint density at radius 2 is 2.31 bits per heavy atom. The van der Waals surface area contributed by atoms with Gasteiger partial charge in [0, 0.05) is 22.8 Å². The van der Waals surface area contributed by atoms with Crippen molar-refractivity contribution in [3.05, 3.63) is 22.7 Å². The number of H-pyrrole nitrogens is 1. The molecule has 3 unspecified atom stereocenters. The Bertz CT molecular complexity index is 822. The van der Waals surface area contributed by atoms with Crippen molar-refractivity contribution >= 4 is 44.5 Å². The van der Waals surface area contributed by atoms with Crippen molar-refractivity contribution in [2.24, 2.45) is 11.8 Å². The molecule has 2 heterocycles. The topological polar surface area (TPSA) is 98.3 Å². The molecule has 26 heavy (non-hydrogen) atoms. The van der Waals surface area contributed by atoms with Crippen LogP contribution in [0.15, 0.2) is 22.7 Å². The maximum absolute atomic E-state index is 12.6. The fourth-order valence-corrected chi connectivity index (χ4v) is 3.59. The van der Waals surface area contributed by atoms with Crippen LogP contribution in [-0.2, 0) is 9.59 Å². The summed E-state index contributed by atoms with van der Waals surface area (Å²) >= 11 is 3.41. The summed E-state index contributed by atoms with van der Waals surface area (Å²) in [5.74, 6) is -0.0320. The highest BCUT2D eigenvalue weighted by Crippen LogP contribution is 2.31. The Labute approximate surface area is 160 Å². The van der Waals surface area contributed by atoms with Gasteiger partial charge in [0.25, 0.3) is 0 Å². The summed E-state index contributed by atoms with van der Waals surface area (Å²) in [6, 6.07) is 5.39. The average Bonchev–Trinajstić information content (AvgIpc) is 3.21. The lowest BCUT2D eigenvalue weighted by Crippen LogP contribution is -2.45. The number of amides is 2. The van der Waals surface area contributed by atoms with E-state index in [-0.39, 0.29) is 36.8 Å². The number of fused-ring (bicyclic) bond motifs is 1. The second-order valence-electron chi connectivity index (χ2n) is 6.83. The first-order valence-electron chi connectivity index (χ1n) is 8.79. The smallest absolute Gasteiger partial charge is 0.229 e. The number of benzene rings is 1. The molecule has 2 amide bonds. The van der Waals surface area contributed by atoms with E-state index in [1.54, 1.807) is 4.90 Å². The van der Waals surface area contributed by atoms with Gasteiger partial charge < -0.3 is 10.4 Å². The molecular weight excluding hydrogens is 400 g/mol. The summed E-state index contributed by atoms with van der Waals surface area (Å²) in [5, 5.41) is 20.4. The number of carbonyl (C=O) groups is 2. The minimum atomic E-state index is -0.442. The zero-order valence-corrected chi connectivity index (χ0v) is 16.4. The van der Waals surface area contributed by atoms with E-state index in [9.17, 15) is 14.7 Å². The van der Waals surface area contributed by atoms with Gasteiger partial charge in [-0.15, -0.1) is 0 Å². The number of hydrogen-bond acceptors (Lipinski definition) is 4. The summed E-state index contributed by atoms with van der Waals surface area (Å²) in [7, 11) is 0. The molecule has 1 fully saturated rings. The van der Waals surface area contributed by atoms with Crippen molar-refractivity contribution in [3.8, 4) is 0 Å². The SMILES string of the molecule is CCC(C)C(CO)NC(=O)C1CC(=O)N(c2n[nH]c3cc(Br)ccc23)C1. The molecule has 1 aromatic heterocycles. The summed E-state index contributed by atoms with van der Waals surface area (Å²) in [6.45, 7) is 4.19. The summed E-state index contributed by atoms with van der Waals surface area (Å²) in [4.78, 5) is 26.6. The molecule has 2 aromatic rings. The predicted molar refractivity (Wildman–Crippen MR) is 103 cm³/mol. The highest BCUT2D eigenvalue weighted by atomic mass is 79.9. The van der Waals surface area contributed by atoms with Gasteiger partial charge in [0.2, 0.25) is 11.8 Å². The first kappa shape index (κ1) is 18.8. The number of aromatic amines is 1. The van der Waals surface area contributed by atoms with E-state index in [2.05, 4.69) is 31.4 Å². The Balaban J connectivity index is 1.74. The van der Waals surface area contributed by atoms with Gasteiger partial charge in [-0.05, 0) is 24.1 Å². The van der Waals surface area contributed by atoms with Crippen molar-refractivity contribution < 1.29 is 14.7 Å². The number of halogens is 1. The van der Waals surface area contributed by atoms with Crippen LogP contribution in [-0.4, -0.2) is 46.3 Å². The zero-order chi connectivity index (χ0) is 18.8. The number of anilines is 1. The van der Waals surface area contributed by atoms with Gasteiger partial charge in [0.1, 0.15) is 0 Å². The van der Waals surface area contributed by atoms with Gasteiger partial charge in [0.15, 0.2) is 5.82 Å². The van der Waals surface area contributed by atoms with Gasteiger partial charge in [-0.25, -0.2) is 0 Å². The lowest BCUT2D eigenvalue weighted by molar-refractivity contribution is -0.127. The van der Waals surface area contributed by atoms with Gasteiger partial charge in [-0.2, -0.15) is 5.10 Å². The molecule has 8 heteroatoms. The summed E-state index contributed by atoms with van der Waals surface area (Å²) in [5.41, 5.74) is 0.826. The van der Waals surface area contributed by atoms with E-state index in [0.29, 0.717) is 12.4 Å². The third-order valence-corrected chi connectivity index (χ3v) is 5.60. The normalized spacial score (nSPS) is 19.8. The minimum Gasteiger partial charge on any atom is -0.394 e. The fourth-order valence-electron chi connectivity index (χ4n) is 3.22. The average molecular weight is 423 g/mol. The molecule has 1 aliphatic rings. The van der Waals surface area contributed by atoms with E-state index < -0.39 is 5.92 Å². The van der Waals surface area contributed by atoms with Crippen LogP contribution in [0.5, 0.6) is 0 Å². The van der Waals surface area contributed by atoms with E-state index in [1.165, 1.54) is 0 Å². The second-order valence-corrected chi connectivity index (χ2v) is 7.74. The first-order valence-corrected chi connectivity index (χ1v) is 9.59. The van der Waals surface area contributed by atoms with Crippen molar-refractivity contribution in [2.75, 3.05) is 18.1 Å². The molecule has 3 N–H and O–H groups in total. The lowest BCUT2D eigenvalue weighted by Gasteiger charge is -2.23. The molecule has 140 valence electrons. The zero-order valence-electron chi connectivity index (χ0n) is 14.8. The Hall–Kier alpha value is -1.93. The number of aliphatic hydroxyl groups is 1. The highest BCUT2D eigenvalue weighted by Gasteiger charge is 2.37. The number of nitrogens with zero attached hydrogens (tertiary/aromatic N) is 2. The van der Waals surface area contributed by atoms with Crippen LogP contribution < -0.4 is 10.2 Å². The molecule has 0 saturated carbocycles. The van der Waals surface area contributed by atoms with Gasteiger partial charge in [-0.1, -0.05) is 36.2 Å². The van der Waals surface area contributed by atoms with Crippen LogP contribution in [0.25, 0.3) is 10.9 Å². The molecular formula is C18H23BrN4O3. The van der Waals surface area contributed by atoms with Crippen LogP contribution in [0, 0.1) is 11.8 Å². The number of aromatic nitrogens is 2. The largest absolute Gasteiger partial charge is 0.394 e. The molecule has 1 aromatic carbocycles. The maximum atomic E-state index is 12.6. The van der Waals surface area contributed by atoms with Crippen LogP contribution >= 0.6 is 15.9 Å². The van der Waals surface area contributed by atoms with E-state index >= 15 is 0 Å². The standard InChI is InChI=1S/C18H23BrN4O3/c1-3-10(2)15(9-24)20-18(26)11-6-16(25)23(8-11)17-13-5-4-12(19)7-14(13)21-22-17/h4-5,7,10-11,15,24H,3,6,8-9H2,1-2H3,(H,20,26)(H,21,22). The quantitative estimate of drug-likeness (QED) is 0.664. The molecule has 7 nitrogen and oxygen atoms in total. The lowest BCUT2D eigenvalue weighted by atomic mass is 9.98. The van der Waals surface area contributed by atoms with E-state index in [1.807, 2.05) is 32.0 Å². The molecule has 1 aliphatic heterocycles. The molecule has 3 atom stereocenters. The van der Waals surface area contributed by atoms with Crippen LogP contribution in [0.3, 0.4) is 0 Å². The molecule has 3 rings (SSSR count). The Morgan fingerprint density at radius 1 is 1.54 bits per heavy atom. The fraction of sp³-hybridized carbons (Fsp3) is 0.500. The van der Waals surface area contributed by atoms with Crippen molar-refractivity contribution in [1.82, 2.24) is 15.5 Å². The highest BCUT2D eigenvalue weighted by molar-refractivity contribution is 9.10. The predicted octanol–water partition coefficient (Wildman–Crippen LogP) is 2.20. The molecule has 0 bridgehead atoms. The number of carbonyl (C=O) groups excluding carboxylic acids is 2. The van der Waals surface area contributed by atoms with Crippen LogP contribution in [0.4, 0.5) is 5.82 Å². The van der Waals surface area contributed by atoms with Crippen molar-refractivity contribution in [2.45, 2.75) is 32.7 Å². The van der Waals surface area contributed by atoms with E-state index in [0.717, 1.165) is 21.8 Å². The second kappa shape index (κ2) is 7.75. The Morgan fingerprint density at radius 3 is 3.00 bits per heavy atom. The van der Waals surface area contributed by atoms with Crippen molar-refractivity contribution in [1.29, 1.82) is 0 Å². The molecule has 0 aliphatic carbocycles. The molecule has 0 radical (unpaired) electrons.